The van der Waals surface area contributed by atoms with E-state index >= 15 is 0 Å². The zero-order valence-corrected chi connectivity index (χ0v) is 22.3. The average Bonchev–Trinajstić information content (AvgIpc) is 2.68. The molecule has 0 saturated heterocycles. The molecule has 1 aromatic heterocycles. The van der Waals surface area contributed by atoms with E-state index in [9.17, 15) is 9.90 Å². The van der Waals surface area contributed by atoms with E-state index in [4.69, 9.17) is 0 Å². The number of nitrogens with zero attached hydrogens (tertiary/aromatic N) is 1. The molecule has 3 aromatic rings. The van der Waals surface area contributed by atoms with E-state index in [0.717, 1.165) is 16.8 Å². The number of aliphatic hydroxyl groups excluding tert-OH is 1. The van der Waals surface area contributed by atoms with E-state index in [1.165, 1.54) is 16.8 Å². The summed E-state index contributed by atoms with van der Waals surface area (Å²) in [6.07, 6.45) is 3.32. The third kappa shape index (κ3) is 6.98. The minimum absolute atomic E-state index is 0. The summed E-state index contributed by atoms with van der Waals surface area (Å²) in [5, 5.41) is 12.0. The fraction of sp³-hybridized carbons (Fsp3) is 0.286. The molecule has 0 aliphatic rings. The van der Waals surface area contributed by atoms with Crippen LogP contribution in [0.2, 0.25) is 0 Å². The van der Waals surface area contributed by atoms with Crippen molar-refractivity contribution >= 4 is 16.6 Å². The largest absolute Gasteiger partial charge is 0.512 e. The van der Waals surface area contributed by atoms with E-state index < -0.39 is 5.41 Å². The van der Waals surface area contributed by atoms with Crippen LogP contribution in [-0.4, -0.2) is 10.9 Å². The van der Waals surface area contributed by atoms with Crippen LogP contribution in [0.15, 0.2) is 72.6 Å². The molecule has 0 aliphatic carbocycles. The molecule has 32 heavy (non-hydrogen) atoms. The van der Waals surface area contributed by atoms with Crippen LogP contribution in [-0.2, 0) is 24.9 Å². The van der Waals surface area contributed by atoms with Gasteiger partial charge in [-0.25, -0.2) is 0 Å². The first kappa shape index (κ1) is 27.5. The van der Waals surface area contributed by atoms with Gasteiger partial charge in [-0.1, -0.05) is 71.9 Å². The van der Waals surface area contributed by atoms with Crippen molar-refractivity contribution in [3.05, 3.63) is 92.2 Å². The predicted molar refractivity (Wildman–Crippen MR) is 129 cm³/mol. The Labute approximate surface area is 206 Å². The number of fused-ring (bicyclic) bond motifs is 1. The third-order valence-electron chi connectivity index (χ3n) is 4.99. The molecule has 0 fully saturated rings. The molecule has 1 N–H and O–H groups in total. The fourth-order valence-corrected chi connectivity index (χ4v) is 2.87. The number of benzene rings is 2. The quantitative estimate of drug-likeness (QED) is 0.152. The first-order valence-corrected chi connectivity index (χ1v) is 10.4. The van der Waals surface area contributed by atoms with Crippen LogP contribution >= 0.6 is 0 Å². The van der Waals surface area contributed by atoms with Crippen molar-refractivity contribution in [2.45, 2.75) is 41.5 Å². The Balaban J connectivity index is 0.000000330. The van der Waals surface area contributed by atoms with Crippen molar-refractivity contribution in [2.75, 3.05) is 0 Å². The number of pyridine rings is 1. The van der Waals surface area contributed by atoms with E-state index in [2.05, 4.69) is 50.4 Å². The van der Waals surface area contributed by atoms with Gasteiger partial charge in [0.1, 0.15) is 5.76 Å². The molecule has 1 heterocycles. The van der Waals surface area contributed by atoms with Crippen molar-refractivity contribution in [1.29, 1.82) is 0 Å². The maximum Gasteiger partial charge on any atom is 0.164 e. The van der Waals surface area contributed by atoms with Gasteiger partial charge in [-0.15, -0.1) is 17.7 Å². The number of rotatable bonds is 2. The van der Waals surface area contributed by atoms with Crippen LogP contribution in [0.25, 0.3) is 22.0 Å². The first-order chi connectivity index (χ1) is 14.3. The summed E-state index contributed by atoms with van der Waals surface area (Å²) < 4.78 is 1.91. The molecule has 0 bridgehead atoms. The van der Waals surface area contributed by atoms with Gasteiger partial charge < -0.3 is 9.67 Å². The number of allylic oxidation sites excluding steroid dienone is 2. The van der Waals surface area contributed by atoms with Crippen molar-refractivity contribution in [3.8, 4) is 11.3 Å². The van der Waals surface area contributed by atoms with E-state index in [1.54, 1.807) is 0 Å². The zero-order chi connectivity index (χ0) is 23.4. The SMILES string of the molecule is CC(C)(C)C(=O)C=C(O)C(C)(C)C.[CH2-]c1ccccc1-c1c2ccccc2cc[n+]1[CH2-].[Ir]. The molecule has 0 saturated carbocycles. The van der Waals surface area contributed by atoms with Gasteiger partial charge in [0, 0.05) is 44.1 Å². The molecule has 0 spiro atoms. The summed E-state index contributed by atoms with van der Waals surface area (Å²) >= 11 is 0. The molecule has 0 atom stereocenters. The molecule has 3 nitrogen and oxygen atoms in total. The van der Waals surface area contributed by atoms with Gasteiger partial charge >= 0.3 is 0 Å². The molecule has 173 valence electrons. The van der Waals surface area contributed by atoms with E-state index in [0.29, 0.717) is 0 Å². The smallest absolute Gasteiger partial charge is 0.164 e. The maximum absolute atomic E-state index is 11.5. The van der Waals surface area contributed by atoms with Crippen LogP contribution < -0.4 is 4.57 Å². The van der Waals surface area contributed by atoms with Crippen LogP contribution in [0.4, 0.5) is 0 Å². The fourth-order valence-electron chi connectivity index (χ4n) is 2.87. The Kier molecular flexibility index (Phi) is 9.32. The summed E-state index contributed by atoms with van der Waals surface area (Å²) in [7, 11) is 4.08. The second-order valence-corrected chi connectivity index (χ2v) is 9.77. The minimum atomic E-state index is -0.417. The van der Waals surface area contributed by atoms with Crippen molar-refractivity contribution in [2.24, 2.45) is 10.8 Å². The molecule has 1 radical (unpaired) electrons. The molecule has 0 amide bonds. The van der Waals surface area contributed by atoms with Crippen LogP contribution in [0.1, 0.15) is 47.1 Å². The van der Waals surface area contributed by atoms with Gasteiger partial charge in [-0.05, 0) is 16.8 Å². The molecule has 0 unspecified atom stereocenters. The number of carbonyl (C=O) groups excluding carboxylic acids is 1. The van der Waals surface area contributed by atoms with Gasteiger partial charge in [-0.2, -0.15) is 18.6 Å². The molecular weight excluding hydrogens is 575 g/mol. The number of aromatic nitrogens is 1. The predicted octanol–water partition coefficient (Wildman–Crippen LogP) is 6.70. The Morgan fingerprint density at radius 2 is 1.47 bits per heavy atom. The van der Waals surface area contributed by atoms with Gasteiger partial charge in [0.15, 0.2) is 5.78 Å². The number of aliphatic hydroxyl groups is 1. The van der Waals surface area contributed by atoms with Crippen molar-refractivity contribution in [3.63, 3.8) is 0 Å². The molecular formula is C28H34IrNO2-. The van der Waals surface area contributed by atoms with Gasteiger partial charge in [0.25, 0.3) is 0 Å². The summed E-state index contributed by atoms with van der Waals surface area (Å²) in [5.41, 5.74) is 2.49. The third-order valence-corrected chi connectivity index (χ3v) is 4.99. The van der Waals surface area contributed by atoms with Crippen LogP contribution in [0.3, 0.4) is 0 Å². The first-order valence-electron chi connectivity index (χ1n) is 10.4. The average molecular weight is 609 g/mol. The van der Waals surface area contributed by atoms with Crippen molar-refractivity contribution < 1.29 is 34.6 Å². The normalized spacial score (nSPS) is 11.9. The standard InChI is InChI=1S/C17H14N.C11H20O2.Ir/c1-13-7-3-5-9-15(13)17-16-10-6-4-8-14(16)11-12-18(17)2;1-10(2,3)8(12)7-9(13)11(4,5)6;/h3-12H,1-2H2;7,12H,1-6H3;/q-1;;. The Morgan fingerprint density at radius 3 is 2.03 bits per heavy atom. The number of hydrogen-bond donors (Lipinski definition) is 1. The summed E-state index contributed by atoms with van der Waals surface area (Å²) in [6.45, 7) is 15.2. The zero-order valence-electron chi connectivity index (χ0n) is 19.9. The summed E-state index contributed by atoms with van der Waals surface area (Å²) in [4.78, 5) is 11.5. The van der Waals surface area contributed by atoms with E-state index in [-0.39, 0.29) is 37.1 Å². The second-order valence-electron chi connectivity index (χ2n) is 9.77. The Bertz CT molecular complexity index is 1100. The maximum atomic E-state index is 11.5. The number of ketones is 1. The Morgan fingerprint density at radius 1 is 0.906 bits per heavy atom. The van der Waals surface area contributed by atoms with Crippen molar-refractivity contribution in [1.82, 2.24) is 0 Å². The second kappa shape index (κ2) is 10.8. The molecule has 3 rings (SSSR count). The molecule has 0 aliphatic heterocycles. The summed E-state index contributed by atoms with van der Waals surface area (Å²) in [5.74, 6) is 0.104. The summed E-state index contributed by atoms with van der Waals surface area (Å²) in [6, 6.07) is 18.6. The topological polar surface area (TPSA) is 41.2 Å². The monoisotopic (exact) mass is 609 g/mol. The minimum Gasteiger partial charge on any atom is -0.512 e. The molecule has 2 aromatic carbocycles. The van der Waals surface area contributed by atoms with Crippen LogP contribution in [0.5, 0.6) is 0 Å². The number of hydrogen-bond acceptors (Lipinski definition) is 2. The number of carbonyl (C=O) groups is 1. The molecule has 4 heteroatoms. The Hall–Kier alpha value is -2.55. The van der Waals surface area contributed by atoms with Crippen LogP contribution in [0, 0.1) is 24.8 Å². The van der Waals surface area contributed by atoms with Gasteiger partial charge in [-0.3, -0.25) is 4.79 Å². The van der Waals surface area contributed by atoms with Gasteiger partial charge in [0.2, 0.25) is 0 Å². The van der Waals surface area contributed by atoms with E-state index in [1.807, 2.05) is 70.5 Å². The van der Waals surface area contributed by atoms with Gasteiger partial charge in [0.05, 0.1) is 11.9 Å².